The third-order valence-corrected chi connectivity index (χ3v) is 15.4. The lowest BCUT2D eigenvalue weighted by Gasteiger charge is -2.26. The predicted octanol–water partition coefficient (Wildman–Crippen LogP) is 21.4. The Labute approximate surface area is 452 Å². The Morgan fingerprint density at radius 2 is 0.494 bits per heavy atom. The monoisotopic (exact) mass is 981 g/mol. The van der Waals surface area contributed by atoms with Gasteiger partial charge in [-0.3, -0.25) is 0 Å². The van der Waals surface area contributed by atoms with Gasteiger partial charge in [0, 0.05) is 17.1 Å². The van der Waals surface area contributed by atoms with Gasteiger partial charge in [-0.1, -0.05) is 237 Å². The van der Waals surface area contributed by atoms with Crippen LogP contribution >= 0.6 is 0 Å². The van der Waals surface area contributed by atoms with Gasteiger partial charge in [0.05, 0.1) is 0 Å². The number of nitrogens with zero attached hydrogens (tertiary/aromatic N) is 1. The number of rotatable bonds is 11. The van der Waals surface area contributed by atoms with Crippen molar-refractivity contribution in [2.24, 2.45) is 0 Å². The standard InChI is InChI=1S/C76H55N/c1-52-30-32-63(54-18-7-3-8-19-54)49-72(52)57-36-43-67(44-37-57)77(68-45-38-58(39-46-68)73-50-64(33-31-53(73)2)55-20-9-4-10-21-55)66-41-34-56(35-42-66)61-26-17-27-62(48-61)65-40-47-71-74(51-65)76(60-24-13-6-14-25-60)70-29-16-15-28-69(70)75(71)59-22-11-5-12-23-59/h3-51H,1-2H3. The summed E-state index contributed by atoms with van der Waals surface area (Å²) in [5.41, 5.74) is 25.1. The molecule has 364 valence electrons. The largest absolute Gasteiger partial charge is 0.311 e. The summed E-state index contributed by atoms with van der Waals surface area (Å²) < 4.78 is 0. The van der Waals surface area contributed by atoms with Crippen molar-refractivity contribution in [3.63, 3.8) is 0 Å². The Bertz CT molecular complexity index is 4090. The summed E-state index contributed by atoms with van der Waals surface area (Å²) in [6.45, 7) is 4.40. The van der Waals surface area contributed by atoms with Crippen LogP contribution < -0.4 is 4.90 Å². The van der Waals surface area contributed by atoms with E-state index < -0.39 is 0 Å². The van der Waals surface area contributed by atoms with Crippen LogP contribution in [0.2, 0.25) is 0 Å². The highest BCUT2D eigenvalue weighted by atomic mass is 15.1. The molecule has 0 fully saturated rings. The van der Waals surface area contributed by atoms with Crippen LogP contribution in [0, 0.1) is 13.8 Å². The Balaban J connectivity index is 0.873. The summed E-state index contributed by atoms with van der Waals surface area (Å²) in [5.74, 6) is 0. The summed E-state index contributed by atoms with van der Waals surface area (Å²) in [4.78, 5) is 2.38. The fourth-order valence-electron chi connectivity index (χ4n) is 11.4. The molecular formula is C76H55N. The molecule has 0 aliphatic rings. The second kappa shape index (κ2) is 20.5. The summed E-state index contributed by atoms with van der Waals surface area (Å²) in [6, 6.07) is 109. The van der Waals surface area contributed by atoms with Gasteiger partial charge in [0.2, 0.25) is 0 Å². The van der Waals surface area contributed by atoms with Crippen molar-refractivity contribution in [2.75, 3.05) is 4.90 Å². The van der Waals surface area contributed by atoms with E-state index in [1.807, 2.05) is 0 Å². The lowest BCUT2D eigenvalue weighted by molar-refractivity contribution is 1.28. The summed E-state index contributed by atoms with van der Waals surface area (Å²) in [7, 11) is 0. The van der Waals surface area contributed by atoms with Crippen LogP contribution in [-0.4, -0.2) is 0 Å². The molecule has 1 heteroatoms. The normalized spacial score (nSPS) is 11.2. The number of fused-ring (bicyclic) bond motifs is 2. The van der Waals surface area contributed by atoms with Crippen LogP contribution in [0.3, 0.4) is 0 Å². The molecule has 0 bridgehead atoms. The average Bonchev–Trinajstić information content (AvgIpc) is 3.59. The van der Waals surface area contributed by atoms with Gasteiger partial charge in [0.15, 0.2) is 0 Å². The molecule has 13 aromatic carbocycles. The van der Waals surface area contributed by atoms with Crippen molar-refractivity contribution in [3.8, 4) is 89.0 Å². The van der Waals surface area contributed by atoms with Crippen molar-refractivity contribution in [3.05, 3.63) is 308 Å². The molecule has 13 aromatic rings. The minimum atomic E-state index is 1.08. The van der Waals surface area contributed by atoms with E-state index in [1.165, 1.54) is 116 Å². The number of aryl methyl sites for hydroxylation is 2. The van der Waals surface area contributed by atoms with Gasteiger partial charge in [-0.05, 0) is 196 Å². The Morgan fingerprint density at radius 1 is 0.195 bits per heavy atom. The maximum Gasteiger partial charge on any atom is 0.0462 e. The molecule has 0 radical (unpaired) electrons. The Hall–Kier alpha value is -9.82. The minimum absolute atomic E-state index is 1.08. The van der Waals surface area contributed by atoms with Crippen LogP contribution in [0.15, 0.2) is 297 Å². The van der Waals surface area contributed by atoms with Gasteiger partial charge in [-0.15, -0.1) is 0 Å². The van der Waals surface area contributed by atoms with Gasteiger partial charge in [-0.25, -0.2) is 0 Å². The minimum Gasteiger partial charge on any atom is -0.311 e. The second-order valence-electron chi connectivity index (χ2n) is 20.1. The van der Waals surface area contributed by atoms with E-state index in [2.05, 4.69) is 316 Å². The van der Waals surface area contributed by atoms with E-state index in [4.69, 9.17) is 0 Å². The summed E-state index contributed by atoms with van der Waals surface area (Å²) in [6.07, 6.45) is 0. The Morgan fingerprint density at radius 3 is 0.948 bits per heavy atom. The van der Waals surface area contributed by atoms with Crippen LogP contribution in [0.4, 0.5) is 17.1 Å². The van der Waals surface area contributed by atoms with Crippen molar-refractivity contribution in [2.45, 2.75) is 13.8 Å². The van der Waals surface area contributed by atoms with E-state index in [1.54, 1.807) is 0 Å². The molecule has 0 N–H and O–H groups in total. The molecule has 1 nitrogen and oxygen atoms in total. The molecule has 0 saturated carbocycles. The molecule has 0 aliphatic heterocycles. The smallest absolute Gasteiger partial charge is 0.0462 e. The zero-order chi connectivity index (χ0) is 51.7. The van der Waals surface area contributed by atoms with Gasteiger partial charge in [0.25, 0.3) is 0 Å². The van der Waals surface area contributed by atoms with Crippen LogP contribution in [0.5, 0.6) is 0 Å². The quantitative estimate of drug-likeness (QED) is 0.117. The van der Waals surface area contributed by atoms with E-state index in [0.717, 1.165) is 22.6 Å². The molecule has 0 atom stereocenters. The second-order valence-corrected chi connectivity index (χ2v) is 20.1. The maximum absolute atomic E-state index is 2.41. The van der Waals surface area contributed by atoms with E-state index >= 15 is 0 Å². The number of benzene rings is 13. The highest BCUT2D eigenvalue weighted by Gasteiger charge is 2.19. The molecule has 0 aromatic heterocycles. The molecule has 0 saturated heterocycles. The molecule has 0 unspecified atom stereocenters. The molecule has 13 rings (SSSR count). The highest BCUT2D eigenvalue weighted by Crippen LogP contribution is 2.46. The van der Waals surface area contributed by atoms with Gasteiger partial charge in [-0.2, -0.15) is 0 Å². The first-order chi connectivity index (χ1) is 38.0. The lowest BCUT2D eigenvalue weighted by Crippen LogP contribution is -2.09. The van der Waals surface area contributed by atoms with E-state index in [9.17, 15) is 0 Å². The topological polar surface area (TPSA) is 3.24 Å². The molecular weight excluding hydrogens is 927 g/mol. The summed E-state index contributed by atoms with van der Waals surface area (Å²) in [5, 5.41) is 5.01. The van der Waals surface area contributed by atoms with Crippen molar-refractivity contribution < 1.29 is 0 Å². The molecule has 0 heterocycles. The third-order valence-electron chi connectivity index (χ3n) is 15.4. The van der Waals surface area contributed by atoms with E-state index in [0.29, 0.717) is 0 Å². The van der Waals surface area contributed by atoms with Gasteiger partial charge < -0.3 is 4.90 Å². The first-order valence-corrected chi connectivity index (χ1v) is 26.6. The predicted molar refractivity (Wildman–Crippen MR) is 329 cm³/mol. The number of anilines is 3. The first kappa shape index (κ1) is 46.9. The molecule has 0 amide bonds. The SMILES string of the molecule is Cc1ccc(-c2ccccc2)cc1-c1ccc(N(c2ccc(-c3cccc(-c4ccc5c(-c6ccccc6)c6ccccc6c(-c6ccccc6)c5c4)c3)cc2)c2ccc(-c3cc(-c4ccccc4)ccc3C)cc2)cc1. The van der Waals surface area contributed by atoms with Gasteiger partial charge >= 0.3 is 0 Å². The van der Waals surface area contributed by atoms with Crippen LogP contribution in [0.25, 0.3) is 111 Å². The molecule has 0 spiro atoms. The third kappa shape index (κ3) is 9.20. The van der Waals surface area contributed by atoms with Crippen LogP contribution in [-0.2, 0) is 0 Å². The number of hydrogen-bond donors (Lipinski definition) is 0. The molecule has 77 heavy (non-hydrogen) atoms. The fraction of sp³-hybridized carbons (Fsp3) is 0.0263. The molecule has 0 aliphatic carbocycles. The first-order valence-electron chi connectivity index (χ1n) is 26.6. The van der Waals surface area contributed by atoms with Crippen molar-refractivity contribution in [1.29, 1.82) is 0 Å². The van der Waals surface area contributed by atoms with Gasteiger partial charge in [0.1, 0.15) is 0 Å². The van der Waals surface area contributed by atoms with Crippen LogP contribution in [0.1, 0.15) is 11.1 Å². The lowest BCUT2D eigenvalue weighted by atomic mass is 9.85. The Kier molecular flexibility index (Phi) is 12.5. The maximum atomic E-state index is 2.41. The van der Waals surface area contributed by atoms with Crippen molar-refractivity contribution in [1.82, 2.24) is 0 Å². The number of hydrogen-bond acceptors (Lipinski definition) is 1. The average molecular weight is 982 g/mol. The van der Waals surface area contributed by atoms with Crippen molar-refractivity contribution >= 4 is 38.6 Å². The zero-order valence-corrected chi connectivity index (χ0v) is 43.2. The van der Waals surface area contributed by atoms with E-state index in [-0.39, 0.29) is 0 Å². The highest BCUT2D eigenvalue weighted by molar-refractivity contribution is 6.22. The fourth-order valence-corrected chi connectivity index (χ4v) is 11.4. The summed E-state index contributed by atoms with van der Waals surface area (Å²) >= 11 is 0. The zero-order valence-electron chi connectivity index (χ0n) is 43.2.